The zero-order valence-corrected chi connectivity index (χ0v) is 11.4. The van der Waals surface area contributed by atoms with E-state index < -0.39 is 0 Å². The van der Waals surface area contributed by atoms with Crippen molar-refractivity contribution in [3.05, 3.63) is 28.2 Å². The molecular formula is C13H16BrNO2. The van der Waals surface area contributed by atoms with Gasteiger partial charge in [-0.1, -0.05) is 22.0 Å². The molecule has 2 rings (SSSR count). The van der Waals surface area contributed by atoms with Crippen molar-refractivity contribution in [3.63, 3.8) is 0 Å². The van der Waals surface area contributed by atoms with E-state index in [4.69, 9.17) is 4.74 Å². The lowest BCUT2D eigenvalue weighted by molar-refractivity contribution is -0.129. The van der Waals surface area contributed by atoms with E-state index in [0.29, 0.717) is 6.61 Å². The van der Waals surface area contributed by atoms with Crippen LogP contribution in [0.15, 0.2) is 22.7 Å². The number of halogens is 1. The van der Waals surface area contributed by atoms with Crippen LogP contribution in [0.3, 0.4) is 0 Å². The highest BCUT2D eigenvalue weighted by Crippen LogP contribution is 2.21. The third-order valence-corrected chi connectivity index (χ3v) is 3.77. The van der Waals surface area contributed by atoms with E-state index in [1.165, 1.54) is 0 Å². The molecule has 3 nitrogen and oxygen atoms in total. The van der Waals surface area contributed by atoms with E-state index in [-0.39, 0.29) is 12.0 Å². The highest BCUT2D eigenvalue weighted by atomic mass is 79.9. The number of rotatable bonds is 2. The first-order valence-electron chi connectivity index (χ1n) is 5.85. The Labute approximate surface area is 110 Å². The maximum absolute atomic E-state index is 11.9. The van der Waals surface area contributed by atoms with E-state index in [2.05, 4.69) is 21.2 Å². The molecule has 0 bridgehead atoms. The number of hydrogen-bond acceptors (Lipinski definition) is 2. The number of aryl methyl sites for hydroxylation is 1. The smallest absolute Gasteiger partial charge is 0.253 e. The topological polar surface area (TPSA) is 38.3 Å². The monoisotopic (exact) mass is 297 g/mol. The molecule has 0 aromatic heterocycles. The van der Waals surface area contributed by atoms with Crippen LogP contribution in [0.4, 0.5) is 5.69 Å². The molecule has 1 saturated heterocycles. The molecule has 1 heterocycles. The molecule has 0 aliphatic carbocycles. The van der Waals surface area contributed by atoms with Crippen LogP contribution in [0.5, 0.6) is 0 Å². The van der Waals surface area contributed by atoms with Crippen molar-refractivity contribution in [1.82, 2.24) is 0 Å². The number of benzene rings is 1. The third-order valence-electron chi connectivity index (χ3n) is 2.91. The minimum atomic E-state index is -0.288. The first kappa shape index (κ1) is 12.6. The van der Waals surface area contributed by atoms with Crippen LogP contribution in [0.1, 0.15) is 24.8 Å². The van der Waals surface area contributed by atoms with Crippen LogP contribution in [-0.4, -0.2) is 18.6 Å². The molecule has 1 amide bonds. The summed E-state index contributed by atoms with van der Waals surface area (Å²) in [5.41, 5.74) is 1.96. The molecule has 4 heteroatoms. The maximum Gasteiger partial charge on any atom is 0.253 e. The average molecular weight is 298 g/mol. The molecule has 1 N–H and O–H groups in total. The molecule has 1 fully saturated rings. The van der Waals surface area contributed by atoms with Crippen molar-refractivity contribution in [2.45, 2.75) is 32.3 Å². The van der Waals surface area contributed by atoms with E-state index in [1.807, 2.05) is 25.1 Å². The maximum atomic E-state index is 11.9. The van der Waals surface area contributed by atoms with Gasteiger partial charge in [-0.3, -0.25) is 4.79 Å². The second-order valence-corrected chi connectivity index (χ2v) is 5.16. The number of amides is 1. The number of anilines is 1. The van der Waals surface area contributed by atoms with Gasteiger partial charge in [0.1, 0.15) is 6.10 Å². The molecule has 17 heavy (non-hydrogen) atoms. The Balaban J connectivity index is 1.99. The Bertz CT molecular complexity index is 414. The molecule has 1 aromatic carbocycles. The van der Waals surface area contributed by atoms with Crippen molar-refractivity contribution in [1.29, 1.82) is 0 Å². The Morgan fingerprint density at radius 3 is 2.94 bits per heavy atom. The molecule has 0 spiro atoms. The van der Waals surface area contributed by atoms with E-state index >= 15 is 0 Å². The summed E-state index contributed by atoms with van der Waals surface area (Å²) in [5, 5.41) is 2.89. The predicted molar refractivity (Wildman–Crippen MR) is 71.1 cm³/mol. The second-order valence-electron chi connectivity index (χ2n) is 4.31. The van der Waals surface area contributed by atoms with Crippen LogP contribution in [0, 0.1) is 6.92 Å². The molecule has 1 atom stereocenters. The summed E-state index contributed by atoms with van der Waals surface area (Å²) in [4.78, 5) is 11.9. The van der Waals surface area contributed by atoms with Gasteiger partial charge in [0.2, 0.25) is 0 Å². The molecule has 1 aromatic rings. The zero-order chi connectivity index (χ0) is 12.3. The van der Waals surface area contributed by atoms with Gasteiger partial charge >= 0.3 is 0 Å². The fourth-order valence-electron chi connectivity index (χ4n) is 1.84. The molecule has 1 aliphatic rings. The molecule has 0 saturated carbocycles. The van der Waals surface area contributed by atoms with Gasteiger partial charge in [-0.15, -0.1) is 0 Å². The molecule has 92 valence electrons. The first-order chi connectivity index (χ1) is 8.16. The second kappa shape index (κ2) is 5.65. The van der Waals surface area contributed by atoms with Crippen LogP contribution in [0.25, 0.3) is 0 Å². The van der Waals surface area contributed by atoms with Crippen LogP contribution < -0.4 is 5.32 Å². The fourth-order valence-corrected chi connectivity index (χ4v) is 2.22. The number of carbonyl (C=O) groups is 1. The van der Waals surface area contributed by atoms with Crippen molar-refractivity contribution in [3.8, 4) is 0 Å². The van der Waals surface area contributed by atoms with Crippen molar-refractivity contribution in [2.24, 2.45) is 0 Å². The summed E-state index contributed by atoms with van der Waals surface area (Å²) in [6, 6.07) is 5.79. The normalized spacial score (nSPS) is 20.0. The first-order valence-corrected chi connectivity index (χ1v) is 6.65. The summed E-state index contributed by atoms with van der Waals surface area (Å²) in [7, 11) is 0. The SMILES string of the molecule is Cc1ccc(NC(=O)C2CCCCO2)cc1Br. The number of hydrogen-bond donors (Lipinski definition) is 1. The Morgan fingerprint density at radius 1 is 1.47 bits per heavy atom. The Kier molecular flexibility index (Phi) is 4.18. The number of nitrogens with one attached hydrogen (secondary N) is 1. The average Bonchev–Trinajstić information content (AvgIpc) is 2.35. The lowest BCUT2D eigenvalue weighted by Gasteiger charge is -2.21. The number of ether oxygens (including phenoxy) is 1. The highest BCUT2D eigenvalue weighted by Gasteiger charge is 2.21. The van der Waals surface area contributed by atoms with E-state index in [9.17, 15) is 4.79 Å². The fraction of sp³-hybridized carbons (Fsp3) is 0.462. The van der Waals surface area contributed by atoms with Gasteiger partial charge in [-0.25, -0.2) is 0 Å². The van der Waals surface area contributed by atoms with Gasteiger partial charge in [0.15, 0.2) is 0 Å². The van der Waals surface area contributed by atoms with Crippen LogP contribution in [-0.2, 0) is 9.53 Å². The third kappa shape index (κ3) is 3.30. The summed E-state index contributed by atoms with van der Waals surface area (Å²) in [6.07, 6.45) is 2.65. The van der Waals surface area contributed by atoms with Gasteiger partial charge in [-0.2, -0.15) is 0 Å². The van der Waals surface area contributed by atoms with Crippen molar-refractivity contribution in [2.75, 3.05) is 11.9 Å². The zero-order valence-electron chi connectivity index (χ0n) is 9.83. The Hall–Kier alpha value is -0.870. The standard InChI is InChI=1S/C13H16BrNO2/c1-9-5-6-10(8-11(9)14)15-13(16)12-4-2-3-7-17-12/h5-6,8,12H,2-4,7H2,1H3,(H,15,16). The lowest BCUT2D eigenvalue weighted by Crippen LogP contribution is -2.33. The van der Waals surface area contributed by atoms with Gasteiger partial charge in [0.25, 0.3) is 5.91 Å². The van der Waals surface area contributed by atoms with Gasteiger partial charge in [0, 0.05) is 16.8 Å². The van der Waals surface area contributed by atoms with Crippen LogP contribution in [0.2, 0.25) is 0 Å². The summed E-state index contributed by atoms with van der Waals surface area (Å²) in [5.74, 6) is -0.0412. The molecule has 1 unspecified atom stereocenters. The highest BCUT2D eigenvalue weighted by molar-refractivity contribution is 9.10. The largest absolute Gasteiger partial charge is 0.368 e. The van der Waals surface area contributed by atoms with E-state index in [1.54, 1.807) is 0 Å². The van der Waals surface area contributed by atoms with Gasteiger partial charge in [0.05, 0.1) is 0 Å². The van der Waals surface area contributed by atoms with E-state index in [0.717, 1.165) is 35.0 Å². The quantitative estimate of drug-likeness (QED) is 0.910. The van der Waals surface area contributed by atoms with Crippen molar-refractivity contribution >= 4 is 27.5 Å². The van der Waals surface area contributed by atoms with Gasteiger partial charge < -0.3 is 10.1 Å². The summed E-state index contributed by atoms with van der Waals surface area (Å²) < 4.78 is 6.44. The van der Waals surface area contributed by atoms with Gasteiger partial charge in [-0.05, 0) is 43.9 Å². The summed E-state index contributed by atoms with van der Waals surface area (Å²) >= 11 is 3.45. The molecular weight excluding hydrogens is 282 g/mol. The molecule has 1 aliphatic heterocycles. The predicted octanol–water partition coefficient (Wildman–Crippen LogP) is 3.27. The lowest BCUT2D eigenvalue weighted by atomic mass is 10.1. The number of carbonyl (C=O) groups excluding carboxylic acids is 1. The Morgan fingerprint density at radius 2 is 2.29 bits per heavy atom. The minimum absolute atomic E-state index is 0.0412. The summed E-state index contributed by atoms with van der Waals surface area (Å²) in [6.45, 7) is 2.70. The molecule has 0 radical (unpaired) electrons. The van der Waals surface area contributed by atoms with Crippen LogP contribution >= 0.6 is 15.9 Å². The van der Waals surface area contributed by atoms with Crippen molar-refractivity contribution < 1.29 is 9.53 Å². The minimum Gasteiger partial charge on any atom is -0.368 e.